The molecule has 2 aliphatic rings. The van der Waals surface area contributed by atoms with E-state index in [1.165, 1.54) is 10.2 Å². The Kier molecular flexibility index (Phi) is 6.92. The van der Waals surface area contributed by atoms with Gasteiger partial charge in [-0.3, -0.25) is 9.59 Å². The van der Waals surface area contributed by atoms with Gasteiger partial charge in [-0.05, 0) is 55.2 Å². The molecule has 7 nitrogen and oxygen atoms in total. The summed E-state index contributed by atoms with van der Waals surface area (Å²) in [5.41, 5.74) is 2.12. The van der Waals surface area contributed by atoms with Crippen molar-refractivity contribution in [3.8, 4) is 5.69 Å². The Hall–Kier alpha value is -2.38. The minimum atomic E-state index is -0.339. The molecule has 2 aliphatic heterocycles. The molecule has 1 N–H and O–H groups in total. The van der Waals surface area contributed by atoms with E-state index in [4.69, 9.17) is 16.3 Å². The Morgan fingerprint density at radius 1 is 1.23 bits per heavy atom. The Balaban J connectivity index is 1.42. The Morgan fingerprint density at radius 2 is 1.97 bits per heavy atom. The number of likely N-dealkylation sites (tertiary alicyclic amines) is 1. The van der Waals surface area contributed by atoms with Crippen molar-refractivity contribution < 1.29 is 9.53 Å². The quantitative estimate of drug-likeness (QED) is 0.764. The average Bonchev–Trinajstić information content (AvgIpc) is 2.81. The molecule has 0 radical (unpaired) electrons. The second kappa shape index (κ2) is 9.83. The lowest BCUT2D eigenvalue weighted by Crippen LogP contribution is -2.36. The van der Waals surface area contributed by atoms with Crippen LogP contribution in [0.15, 0.2) is 35.3 Å². The number of nitrogens with one attached hydrogen (secondary N) is 1. The van der Waals surface area contributed by atoms with Gasteiger partial charge in [0.05, 0.1) is 24.2 Å². The number of hydrogen-bond donors (Lipinski definition) is 1. The van der Waals surface area contributed by atoms with Crippen molar-refractivity contribution in [1.82, 2.24) is 14.7 Å². The number of piperidine rings is 1. The smallest absolute Gasteiger partial charge is 0.292 e. The third-order valence-corrected chi connectivity index (χ3v) is 6.67. The largest absolute Gasteiger partial charge is 0.382 e. The predicted molar refractivity (Wildman–Crippen MR) is 121 cm³/mol. The number of anilines is 1. The summed E-state index contributed by atoms with van der Waals surface area (Å²) in [7, 11) is 0. The van der Waals surface area contributed by atoms with Crippen molar-refractivity contribution in [2.75, 3.05) is 38.2 Å². The first kappa shape index (κ1) is 21.8. The number of nitrogens with zero attached hydrogens (tertiary/aromatic N) is 3. The van der Waals surface area contributed by atoms with E-state index < -0.39 is 0 Å². The Bertz CT molecular complexity index is 962. The fraction of sp³-hybridized carbons (Fsp3) is 0.522. The van der Waals surface area contributed by atoms with Crippen LogP contribution in [0.2, 0.25) is 5.02 Å². The highest BCUT2D eigenvalue weighted by molar-refractivity contribution is 6.32. The number of benzene rings is 1. The molecular formula is C23H29ClN4O3. The van der Waals surface area contributed by atoms with Crippen molar-refractivity contribution >= 4 is 23.2 Å². The standard InChI is InChI=1S/C23H29ClN4O3/c1-16(29)27-10-8-19(9-11-27)18-4-6-20(7-5-18)28-23(30)22(24)21(14-26-28)25-13-17-3-2-12-31-15-17/h4-7,14,17,19,25H,2-3,8-13,15H2,1H3/t17-/m0/s1. The normalized spacial score (nSPS) is 19.9. The third-order valence-electron chi connectivity index (χ3n) is 6.30. The van der Waals surface area contributed by atoms with Gasteiger partial charge < -0.3 is 15.0 Å². The number of aromatic nitrogens is 2. The van der Waals surface area contributed by atoms with Crippen LogP contribution in [0.25, 0.3) is 5.69 Å². The molecule has 2 fully saturated rings. The molecule has 0 spiro atoms. The molecule has 0 saturated carbocycles. The minimum Gasteiger partial charge on any atom is -0.382 e. The van der Waals surface area contributed by atoms with Crippen LogP contribution in [0.5, 0.6) is 0 Å². The molecule has 0 unspecified atom stereocenters. The molecule has 1 atom stereocenters. The van der Waals surface area contributed by atoms with Gasteiger partial charge in [-0.2, -0.15) is 9.78 Å². The van der Waals surface area contributed by atoms with Gasteiger partial charge in [0, 0.05) is 33.2 Å². The summed E-state index contributed by atoms with van der Waals surface area (Å²) in [5.74, 6) is 0.983. The van der Waals surface area contributed by atoms with Crippen LogP contribution >= 0.6 is 11.6 Å². The molecule has 0 bridgehead atoms. The van der Waals surface area contributed by atoms with E-state index in [1.54, 1.807) is 13.1 Å². The lowest BCUT2D eigenvalue weighted by Gasteiger charge is -2.31. The monoisotopic (exact) mass is 444 g/mol. The molecule has 1 aromatic carbocycles. The van der Waals surface area contributed by atoms with Gasteiger partial charge in [-0.25, -0.2) is 0 Å². The molecule has 31 heavy (non-hydrogen) atoms. The number of carbonyl (C=O) groups is 1. The minimum absolute atomic E-state index is 0.140. The fourth-order valence-corrected chi connectivity index (χ4v) is 4.57. The number of amides is 1. The van der Waals surface area contributed by atoms with E-state index in [0.29, 0.717) is 29.8 Å². The van der Waals surface area contributed by atoms with Gasteiger partial charge in [0.15, 0.2) is 0 Å². The van der Waals surface area contributed by atoms with Gasteiger partial charge in [0.2, 0.25) is 5.91 Å². The molecule has 1 aromatic heterocycles. The van der Waals surface area contributed by atoms with Crippen LogP contribution in [0.4, 0.5) is 5.69 Å². The predicted octanol–water partition coefficient (Wildman–Crippen LogP) is 3.45. The first-order valence-electron chi connectivity index (χ1n) is 11.0. The zero-order chi connectivity index (χ0) is 21.8. The summed E-state index contributed by atoms with van der Waals surface area (Å²) in [5, 5.41) is 7.72. The third kappa shape index (κ3) is 5.10. The number of ether oxygens (including phenoxy) is 1. The van der Waals surface area contributed by atoms with Gasteiger partial charge in [0.25, 0.3) is 5.56 Å². The second-order valence-corrected chi connectivity index (χ2v) is 8.80. The summed E-state index contributed by atoms with van der Waals surface area (Å²) in [6, 6.07) is 7.90. The van der Waals surface area contributed by atoms with Crippen LogP contribution in [-0.2, 0) is 9.53 Å². The van der Waals surface area contributed by atoms with Gasteiger partial charge >= 0.3 is 0 Å². The molecule has 0 aliphatic carbocycles. The second-order valence-electron chi connectivity index (χ2n) is 8.43. The first-order chi connectivity index (χ1) is 15.0. The molecule has 4 rings (SSSR count). The first-order valence-corrected chi connectivity index (χ1v) is 11.4. The maximum atomic E-state index is 12.8. The molecule has 2 aromatic rings. The number of hydrogen-bond acceptors (Lipinski definition) is 5. The molecular weight excluding hydrogens is 416 g/mol. The maximum Gasteiger partial charge on any atom is 0.292 e. The van der Waals surface area contributed by atoms with Crippen LogP contribution in [-0.4, -0.2) is 53.4 Å². The van der Waals surface area contributed by atoms with Crippen molar-refractivity contribution in [2.24, 2.45) is 5.92 Å². The van der Waals surface area contributed by atoms with E-state index in [1.807, 2.05) is 29.2 Å². The fourth-order valence-electron chi connectivity index (χ4n) is 4.38. The van der Waals surface area contributed by atoms with E-state index in [2.05, 4.69) is 10.4 Å². The summed E-state index contributed by atoms with van der Waals surface area (Å²) < 4.78 is 6.83. The number of rotatable bonds is 5. The summed E-state index contributed by atoms with van der Waals surface area (Å²) in [6.45, 7) is 5.47. The van der Waals surface area contributed by atoms with Crippen molar-refractivity contribution in [3.05, 3.63) is 51.4 Å². The highest BCUT2D eigenvalue weighted by Crippen LogP contribution is 2.28. The number of carbonyl (C=O) groups excluding carboxylic acids is 1. The average molecular weight is 445 g/mol. The van der Waals surface area contributed by atoms with Gasteiger partial charge in [0.1, 0.15) is 5.02 Å². The Morgan fingerprint density at radius 3 is 2.61 bits per heavy atom. The number of halogens is 1. The zero-order valence-corrected chi connectivity index (χ0v) is 18.6. The molecule has 8 heteroatoms. The lowest BCUT2D eigenvalue weighted by atomic mass is 9.89. The lowest BCUT2D eigenvalue weighted by molar-refractivity contribution is -0.129. The van der Waals surface area contributed by atoms with Crippen LogP contribution in [0, 0.1) is 5.92 Å². The Labute approximate surface area is 187 Å². The molecule has 2 saturated heterocycles. The molecule has 3 heterocycles. The highest BCUT2D eigenvalue weighted by Gasteiger charge is 2.22. The van der Waals surface area contributed by atoms with Gasteiger partial charge in [-0.15, -0.1) is 0 Å². The topological polar surface area (TPSA) is 76.5 Å². The summed E-state index contributed by atoms with van der Waals surface area (Å²) in [6.07, 6.45) is 5.69. The highest BCUT2D eigenvalue weighted by atomic mass is 35.5. The van der Waals surface area contributed by atoms with Crippen molar-refractivity contribution in [1.29, 1.82) is 0 Å². The van der Waals surface area contributed by atoms with Crippen LogP contribution in [0.1, 0.15) is 44.1 Å². The zero-order valence-electron chi connectivity index (χ0n) is 17.8. The SMILES string of the molecule is CC(=O)N1CCC(c2ccc(-n3ncc(NC[C@@H]4CCCOC4)c(Cl)c3=O)cc2)CC1. The summed E-state index contributed by atoms with van der Waals surface area (Å²) in [4.78, 5) is 26.2. The molecule has 166 valence electrons. The molecule has 1 amide bonds. The van der Waals surface area contributed by atoms with E-state index in [9.17, 15) is 9.59 Å². The summed E-state index contributed by atoms with van der Waals surface area (Å²) >= 11 is 6.36. The van der Waals surface area contributed by atoms with Crippen molar-refractivity contribution in [3.63, 3.8) is 0 Å². The van der Waals surface area contributed by atoms with E-state index in [0.717, 1.165) is 52.0 Å². The van der Waals surface area contributed by atoms with E-state index in [-0.39, 0.29) is 16.5 Å². The van der Waals surface area contributed by atoms with Crippen LogP contribution in [0.3, 0.4) is 0 Å². The maximum absolute atomic E-state index is 12.8. The van der Waals surface area contributed by atoms with Crippen molar-refractivity contribution in [2.45, 2.75) is 38.5 Å². The van der Waals surface area contributed by atoms with Gasteiger partial charge in [-0.1, -0.05) is 23.7 Å². The van der Waals surface area contributed by atoms with Crippen LogP contribution < -0.4 is 10.9 Å². The van der Waals surface area contributed by atoms with E-state index >= 15 is 0 Å².